The Labute approximate surface area is 216 Å². The van der Waals surface area contributed by atoms with Crippen molar-refractivity contribution in [1.82, 2.24) is 4.57 Å². The highest BCUT2D eigenvalue weighted by molar-refractivity contribution is 6.09. The van der Waals surface area contributed by atoms with Gasteiger partial charge in [-0.15, -0.1) is 0 Å². The van der Waals surface area contributed by atoms with Crippen molar-refractivity contribution in [1.29, 1.82) is 0 Å². The standard InChI is InChI=1S/C31H27N3O3/c1-35-25-14-8-22(9-15-25)32-20-30-28-6-4-5-7-29(28)31(21-33-23-10-16-26(36-2)17-11-23)34(30)24-12-18-27(37-3)19-13-24/h4-21H,1-3H3. The summed E-state index contributed by atoms with van der Waals surface area (Å²) in [4.78, 5) is 9.58. The van der Waals surface area contributed by atoms with Crippen molar-refractivity contribution in [3.8, 4) is 22.9 Å². The van der Waals surface area contributed by atoms with Crippen LogP contribution in [0.25, 0.3) is 16.5 Å². The van der Waals surface area contributed by atoms with E-state index in [1.807, 2.05) is 97.4 Å². The van der Waals surface area contributed by atoms with Gasteiger partial charge in [0.1, 0.15) is 17.2 Å². The zero-order valence-corrected chi connectivity index (χ0v) is 21.0. The largest absolute Gasteiger partial charge is 0.497 e. The van der Waals surface area contributed by atoms with Gasteiger partial charge in [0.15, 0.2) is 0 Å². The maximum absolute atomic E-state index is 5.39. The zero-order chi connectivity index (χ0) is 25.6. The average molecular weight is 490 g/mol. The Morgan fingerprint density at radius 3 is 1.27 bits per heavy atom. The van der Waals surface area contributed by atoms with Crippen molar-refractivity contribution in [2.45, 2.75) is 0 Å². The molecule has 0 spiro atoms. The van der Waals surface area contributed by atoms with E-state index < -0.39 is 0 Å². The van der Waals surface area contributed by atoms with Crippen LogP contribution in [0.3, 0.4) is 0 Å². The zero-order valence-electron chi connectivity index (χ0n) is 21.0. The summed E-state index contributed by atoms with van der Waals surface area (Å²) >= 11 is 0. The van der Waals surface area contributed by atoms with Gasteiger partial charge >= 0.3 is 0 Å². The van der Waals surface area contributed by atoms with Crippen molar-refractivity contribution >= 4 is 34.6 Å². The van der Waals surface area contributed by atoms with E-state index in [-0.39, 0.29) is 0 Å². The summed E-state index contributed by atoms with van der Waals surface area (Å²) in [5.41, 5.74) is 4.55. The first-order valence-electron chi connectivity index (χ1n) is 11.8. The van der Waals surface area contributed by atoms with E-state index in [1.165, 1.54) is 0 Å². The predicted octanol–water partition coefficient (Wildman–Crippen LogP) is 7.16. The number of aliphatic imine (C=N–C) groups is 2. The van der Waals surface area contributed by atoms with E-state index in [4.69, 9.17) is 24.2 Å². The minimum Gasteiger partial charge on any atom is -0.497 e. The van der Waals surface area contributed by atoms with Crippen LogP contribution in [0.4, 0.5) is 11.4 Å². The number of hydrogen-bond acceptors (Lipinski definition) is 5. The summed E-state index contributed by atoms with van der Waals surface area (Å²) in [7, 11) is 4.97. The SMILES string of the molecule is COc1ccc(N=Cc2c3ccccc3c(C=Nc3ccc(OC)cc3)n2-c2ccc(OC)cc2)cc1. The Hall–Kier alpha value is -4.84. The third-order valence-electron chi connectivity index (χ3n) is 6.11. The quantitative estimate of drug-likeness (QED) is 0.217. The Balaban J connectivity index is 1.66. The van der Waals surface area contributed by atoms with Crippen molar-refractivity contribution in [2.24, 2.45) is 9.98 Å². The van der Waals surface area contributed by atoms with Gasteiger partial charge in [-0.25, -0.2) is 0 Å². The summed E-state index contributed by atoms with van der Waals surface area (Å²) in [5, 5.41) is 2.15. The van der Waals surface area contributed by atoms with Crippen LogP contribution < -0.4 is 14.2 Å². The molecule has 0 radical (unpaired) electrons. The molecule has 0 aliphatic rings. The van der Waals surface area contributed by atoms with E-state index in [0.717, 1.165) is 56.5 Å². The van der Waals surface area contributed by atoms with Crippen LogP contribution >= 0.6 is 0 Å². The van der Waals surface area contributed by atoms with Crippen LogP contribution in [0.5, 0.6) is 17.2 Å². The second-order valence-electron chi connectivity index (χ2n) is 8.26. The van der Waals surface area contributed by atoms with Gasteiger partial charge < -0.3 is 18.8 Å². The van der Waals surface area contributed by atoms with Crippen molar-refractivity contribution < 1.29 is 14.2 Å². The van der Waals surface area contributed by atoms with Gasteiger partial charge in [-0.3, -0.25) is 9.98 Å². The minimum absolute atomic E-state index is 0.794. The van der Waals surface area contributed by atoms with Gasteiger partial charge in [0.2, 0.25) is 0 Å². The lowest BCUT2D eigenvalue weighted by molar-refractivity contribution is 0.414. The molecular formula is C31H27N3O3. The molecule has 184 valence electrons. The second-order valence-corrected chi connectivity index (χ2v) is 8.26. The summed E-state index contributed by atoms with van der Waals surface area (Å²) in [6.45, 7) is 0. The molecule has 0 aliphatic heterocycles. The fourth-order valence-corrected chi connectivity index (χ4v) is 4.17. The maximum Gasteiger partial charge on any atom is 0.119 e. The molecule has 0 fully saturated rings. The number of ether oxygens (including phenoxy) is 3. The number of benzene rings is 4. The fraction of sp³-hybridized carbons (Fsp3) is 0.0968. The molecule has 6 heteroatoms. The van der Waals surface area contributed by atoms with E-state index in [1.54, 1.807) is 21.3 Å². The first kappa shape index (κ1) is 23.9. The van der Waals surface area contributed by atoms with E-state index in [0.29, 0.717) is 0 Å². The molecule has 6 nitrogen and oxygen atoms in total. The van der Waals surface area contributed by atoms with E-state index in [2.05, 4.69) is 16.7 Å². The predicted molar refractivity (Wildman–Crippen MR) is 150 cm³/mol. The highest BCUT2D eigenvalue weighted by Gasteiger charge is 2.16. The van der Waals surface area contributed by atoms with E-state index >= 15 is 0 Å². The van der Waals surface area contributed by atoms with Gasteiger partial charge in [-0.2, -0.15) is 0 Å². The van der Waals surface area contributed by atoms with Crippen LogP contribution in [0, 0.1) is 0 Å². The Kier molecular flexibility index (Phi) is 6.99. The third-order valence-corrected chi connectivity index (χ3v) is 6.11. The highest BCUT2D eigenvalue weighted by Crippen LogP contribution is 2.30. The lowest BCUT2D eigenvalue weighted by Gasteiger charge is -2.11. The Bertz CT molecular complexity index is 1450. The van der Waals surface area contributed by atoms with Gasteiger partial charge in [0.05, 0.1) is 56.5 Å². The fourth-order valence-electron chi connectivity index (χ4n) is 4.17. The number of aromatic nitrogens is 1. The van der Waals surface area contributed by atoms with E-state index in [9.17, 15) is 0 Å². The molecule has 1 heterocycles. The molecule has 0 saturated heterocycles. The molecule has 0 aliphatic carbocycles. The van der Waals surface area contributed by atoms with Crippen LogP contribution in [-0.4, -0.2) is 38.3 Å². The molecule has 5 aromatic rings. The molecule has 0 bridgehead atoms. The Morgan fingerprint density at radius 2 is 0.892 bits per heavy atom. The molecule has 1 aromatic heterocycles. The number of nitrogens with zero attached hydrogens (tertiary/aromatic N) is 3. The topological polar surface area (TPSA) is 57.3 Å². The van der Waals surface area contributed by atoms with Crippen LogP contribution in [0.1, 0.15) is 11.4 Å². The smallest absolute Gasteiger partial charge is 0.119 e. The number of rotatable bonds is 8. The number of methoxy groups -OCH3 is 3. The molecule has 4 aromatic carbocycles. The monoisotopic (exact) mass is 489 g/mol. The summed E-state index contributed by atoms with van der Waals surface area (Å²) < 4.78 is 18.1. The average Bonchev–Trinajstić information content (AvgIpc) is 3.28. The van der Waals surface area contributed by atoms with Crippen molar-refractivity contribution in [3.63, 3.8) is 0 Å². The lowest BCUT2D eigenvalue weighted by Crippen LogP contribution is -2.04. The van der Waals surface area contributed by atoms with Crippen molar-refractivity contribution in [3.05, 3.63) is 108 Å². The molecule has 37 heavy (non-hydrogen) atoms. The molecule has 0 atom stereocenters. The maximum atomic E-state index is 5.39. The van der Waals surface area contributed by atoms with Crippen LogP contribution in [0.2, 0.25) is 0 Å². The van der Waals surface area contributed by atoms with Crippen LogP contribution in [-0.2, 0) is 0 Å². The third kappa shape index (κ3) is 5.09. The molecule has 0 N–H and O–H groups in total. The normalized spacial score (nSPS) is 11.4. The summed E-state index contributed by atoms with van der Waals surface area (Å²) in [6, 6.07) is 31.6. The highest BCUT2D eigenvalue weighted by atomic mass is 16.5. The van der Waals surface area contributed by atoms with Gasteiger partial charge in [0, 0.05) is 16.5 Å². The molecule has 0 saturated carbocycles. The number of fused-ring (bicyclic) bond motifs is 1. The molecule has 0 unspecified atom stereocenters. The number of hydrogen-bond donors (Lipinski definition) is 0. The summed E-state index contributed by atoms with van der Waals surface area (Å²) in [5.74, 6) is 2.38. The summed E-state index contributed by atoms with van der Waals surface area (Å²) in [6.07, 6.45) is 3.80. The lowest BCUT2D eigenvalue weighted by atomic mass is 10.1. The Morgan fingerprint density at radius 1 is 0.514 bits per heavy atom. The molecular weight excluding hydrogens is 462 g/mol. The van der Waals surface area contributed by atoms with Gasteiger partial charge in [-0.05, 0) is 72.8 Å². The first-order valence-corrected chi connectivity index (χ1v) is 11.8. The van der Waals surface area contributed by atoms with Crippen molar-refractivity contribution in [2.75, 3.05) is 21.3 Å². The van der Waals surface area contributed by atoms with Gasteiger partial charge in [-0.1, -0.05) is 24.3 Å². The first-order chi connectivity index (χ1) is 18.2. The molecule has 5 rings (SSSR count). The second kappa shape index (κ2) is 10.8. The van der Waals surface area contributed by atoms with Crippen LogP contribution in [0.15, 0.2) is 107 Å². The molecule has 0 amide bonds. The van der Waals surface area contributed by atoms with Gasteiger partial charge in [0.25, 0.3) is 0 Å². The minimum atomic E-state index is 0.794.